The van der Waals surface area contributed by atoms with E-state index in [2.05, 4.69) is 54.3 Å². The van der Waals surface area contributed by atoms with Gasteiger partial charge in [-0.15, -0.1) is 0 Å². The Balaban J connectivity index is 1.66. The molecule has 0 saturated carbocycles. The molecule has 0 spiro atoms. The molecule has 1 aromatic carbocycles. The van der Waals surface area contributed by atoms with E-state index >= 15 is 0 Å². The molecule has 1 aliphatic carbocycles. The predicted molar refractivity (Wildman–Crippen MR) is 163 cm³/mol. The minimum absolute atomic E-state index is 0.208. The maximum Gasteiger partial charge on any atom is 0.407 e. The van der Waals surface area contributed by atoms with Crippen LogP contribution < -0.4 is 10.6 Å². The van der Waals surface area contributed by atoms with E-state index in [1.54, 1.807) is 12.4 Å². The number of amides is 2. The minimum Gasteiger partial charge on any atom is -0.444 e. The molecule has 0 fully saturated rings. The summed E-state index contributed by atoms with van der Waals surface area (Å²) in [4.78, 5) is 29.4. The number of hydrogen-bond donors (Lipinski definition) is 2. The van der Waals surface area contributed by atoms with Gasteiger partial charge in [0.15, 0.2) is 0 Å². The van der Waals surface area contributed by atoms with Crippen molar-refractivity contribution < 1.29 is 14.3 Å². The van der Waals surface area contributed by atoms with Crippen LogP contribution in [0.4, 0.5) is 4.79 Å². The predicted octanol–water partition coefficient (Wildman–Crippen LogP) is 7.47. The maximum atomic E-state index is 13.0. The average molecular weight is 562 g/mol. The highest BCUT2D eigenvalue weighted by molar-refractivity contribution is 6.49. The van der Waals surface area contributed by atoms with Crippen molar-refractivity contribution in [2.45, 2.75) is 66.0 Å². The maximum absolute atomic E-state index is 13.0. The second-order valence-corrected chi connectivity index (χ2v) is 11.6. The number of nitrogens with zero attached hydrogens (tertiary/aromatic N) is 1. The normalized spacial score (nSPS) is 17.2. The molecule has 1 heterocycles. The van der Waals surface area contributed by atoms with E-state index in [-0.39, 0.29) is 12.5 Å². The van der Waals surface area contributed by atoms with E-state index < -0.39 is 11.7 Å². The van der Waals surface area contributed by atoms with Gasteiger partial charge in [-0.05, 0) is 91.5 Å². The van der Waals surface area contributed by atoms with E-state index in [1.807, 2.05) is 58.1 Å². The monoisotopic (exact) mass is 561 g/mol. The standard InChI is InChI=1S/C33H40ClN3O3/c1-8-9-10-26(22(3)17-37-32(39)40-33(5,6)7)14-25-15-27(20-35-18-25)31(38)36-19-24-11-12-28-23(4)21(2)13-30(34)29(28)16-24/h8-13,15-16,18,20-21,23H,3,14,17,19H2,1-2,4-7H3,(H,36,38)(H,37,39)/b9-8-,26-10-. The van der Waals surface area contributed by atoms with Crippen molar-refractivity contribution in [3.8, 4) is 0 Å². The van der Waals surface area contributed by atoms with Crippen molar-refractivity contribution in [1.29, 1.82) is 0 Å². The van der Waals surface area contributed by atoms with Crippen molar-refractivity contribution >= 4 is 28.6 Å². The summed E-state index contributed by atoms with van der Waals surface area (Å²) in [6.45, 7) is 16.5. The Morgan fingerprint density at radius 2 is 1.88 bits per heavy atom. The molecular formula is C33H40ClN3O3. The number of rotatable bonds is 9. The van der Waals surface area contributed by atoms with E-state index in [0.29, 0.717) is 30.4 Å². The smallest absolute Gasteiger partial charge is 0.407 e. The van der Waals surface area contributed by atoms with Gasteiger partial charge in [-0.25, -0.2) is 4.79 Å². The molecule has 0 aliphatic heterocycles. The van der Waals surface area contributed by atoms with Gasteiger partial charge in [0, 0.05) is 30.5 Å². The number of hydrogen-bond acceptors (Lipinski definition) is 4. The summed E-state index contributed by atoms with van der Waals surface area (Å²) in [6, 6.07) is 8.04. The lowest BCUT2D eigenvalue weighted by atomic mass is 9.81. The first kappa shape index (κ1) is 30.9. The van der Waals surface area contributed by atoms with Gasteiger partial charge < -0.3 is 15.4 Å². The number of carbonyl (C=O) groups excluding carboxylic acids is 2. The highest BCUT2D eigenvalue weighted by Gasteiger charge is 2.23. The lowest BCUT2D eigenvalue weighted by molar-refractivity contribution is 0.0532. The molecular weight excluding hydrogens is 522 g/mol. The number of benzene rings is 1. The number of alkyl carbamates (subject to hydrolysis) is 1. The molecule has 2 unspecified atom stereocenters. The fraction of sp³-hybridized carbons (Fsp3) is 0.364. The Hall–Kier alpha value is -3.64. The van der Waals surface area contributed by atoms with Gasteiger partial charge in [-0.3, -0.25) is 9.78 Å². The number of allylic oxidation sites excluding steroid dienone is 4. The third kappa shape index (κ3) is 8.68. The summed E-state index contributed by atoms with van der Waals surface area (Å²) in [5.74, 6) is 0.572. The van der Waals surface area contributed by atoms with Crippen LogP contribution in [0.2, 0.25) is 0 Å². The summed E-state index contributed by atoms with van der Waals surface area (Å²) < 4.78 is 5.32. The molecule has 0 saturated heterocycles. The fourth-order valence-electron chi connectivity index (χ4n) is 4.40. The molecule has 2 aromatic rings. The molecule has 1 aliphatic rings. The zero-order valence-corrected chi connectivity index (χ0v) is 25.1. The summed E-state index contributed by atoms with van der Waals surface area (Å²) >= 11 is 6.53. The molecule has 7 heteroatoms. The van der Waals surface area contributed by atoms with Crippen molar-refractivity contribution in [2.75, 3.05) is 6.54 Å². The van der Waals surface area contributed by atoms with Crippen LogP contribution in [-0.4, -0.2) is 29.1 Å². The Kier molecular flexibility index (Phi) is 10.5. The lowest BCUT2D eigenvalue weighted by Crippen LogP contribution is -2.33. The molecule has 212 valence electrons. The number of carbonyl (C=O) groups is 2. The number of nitrogens with one attached hydrogen (secondary N) is 2. The van der Waals surface area contributed by atoms with Gasteiger partial charge in [-0.1, -0.05) is 68.5 Å². The van der Waals surface area contributed by atoms with Crippen LogP contribution in [-0.2, 0) is 17.7 Å². The van der Waals surface area contributed by atoms with Crippen molar-refractivity contribution in [3.05, 3.63) is 107 Å². The minimum atomic E-state index is -0.580. The van der Waals surface area contributed by atoms with E-state index in [4.69, 9.17) is 16.3 Å². The molecule has 2 N–H and O–H groups in total. The Morgan fingerprint density at radius 3 is 2.58 bits per heavy atom. The van der Waals surface area contributed by atoms with Crippen LogP contribution in [0.25, 0.3) is 5.03 Å². The zero-order chi connectivity index (χ0) is 29.4. The summed E-state index contributed by atoms with van der Waals surface area (Å²) in [5, 5.41) is 6.51. The summed E-state index contributed by atoms with van der Waals surface area (Å²) in [5.41, 5.74) is 5.65. The number of pyridine rings is 1. The van der Waals surface area contributed by atoms with E-state index in [1.165, 1.54) is 5.56 Å². The van der Waals surface area contributed by atoms with E-state index in [0.717, 1.165) is 32.9 Å². The molecule has 3 rings (SSSR count). The van der Waals surface area contributed by atoms with Gasteiger partial charge in [-0.2, -0.15) is 0 Å². The van der Waals surface area contributed by atoms with Gasteiger partial charge in [0.05, 0.1) is 5.56 Å². The van der Waals surface area contributed by atoms with Gasteiger partial charge in [0.25, 0.3) is 5.91 Å². The summed E-state index contributed by atoms with van der Waals surface area (Å²) in [7, 11) is 0. The quantitative estimate of drug-likeness (QED) is 0.311. The molecule has 2 atom stereocenters. The first-order valence-corrected chi connectivity index (χ1v) is 13.9. The fourth-order valence-corrected chi connectivity index (χ4v) is 4.76. The SMILES string of the molecule is C=C(CNC(=O)OC(C)(C)C)/C(=C\C=C/C)Cc1cncc(C(=O)NCc2ccc3c(c2)C(Cl)=CC(C)C3C)c1. The van der Waals surface area contributed by atoms with Crippen LogP contribution in [0, 0.1) is 5.92 Å². The molecule has 1 aromatic heterocycles. The second-order valence-electron chi connectivity index (χ2n) is 11.2. The number of halogens is 1. The Bertz CT molecular complexity index is 1350. The largest absolute Gasteiger partial charge is 0.444 e. The number of fused-ring (bicyclic) bond motifs is 1. The van der Waals surface area contributed by atoms with Crippen molar-refractivity contribution in [2.24, 2.45) is 5.92 Å². The van der Waals surface area contributed by atoms with E-state index in [9.17, 15) is 9.59 Å². The van der Waals surface area contributed by atoms with Crippen LogP contribution in [0.3, 0.4) is 0 Å². The number of aromatic nitrogens is 1. The molecule has 6 nitrogen and oxygen atoms in total. The lowest BCUT2D eigenvalue weighted by Gasteiger charge is -2.26. The molecule has 0 bridgehead atoms. The molecule has 2 amide bonds. The van der Waals surface area contributed by atoms with Crippen LogP contribution in [0.15, 0.2) is 78.7 Å². The first-order chi connectivity index (χ1) is 18.9. The van der Waals surface area contributed by atoms with Crippen LogP contribution >= 0.6 is 11.6 Å². The Labute approximate surface area is 243 Å². The molecule has 0 radical (unpaired) electrons. The number of ether oxygens (including phenoxy) is 1. The summed E-state index contributed by atoms with van der Waals surface area (Å²) in [6.07, 6.45) is 11.2. The van der Waals surface area contributed by atoms with Gasteiger partial charge in [0.1, 0.15) is 5.60 Å². The topological polar surface area (TPSA) is 80.3 Å². The molecule has 40 heavy (non-hydrogen) atoms. The van der Waals surface area contributed by atoms with Gasteiger partial charge >= 0.3 is 6.09 Å². The zero-order valence-electron chi connectivity index (χ0n) is 24.3. The third-order valence-corrected chi connectivity index (χ3v) is 7.09. The van der Waals surface area contributed by atoms with Crippen LogP contribution in [0.5, 0.6) is 0 Å². The highest BCUT2D eigenvalue weighted by atomic mass is 35.5. The Morgan fingerprint density at radius 1 is 1.12 bits per heavy atom. The third-order valence-electron chi connectivity index (χ3n) is 6.76. The van der Waals surface area contributed by atoms with Gasteiger partial charge in [0.2, 0.25) is 0 Å². The van der Waals surface area contributed by atoms with Crippen LogP contribution in [0.1, 0.15) is 80.1 Å². The second kappa shape index (κ2) is 13.6. The first-order valence-electron chi connectivity index (χ1n) is 13.6. The van der Waals surface area contributed by atoms with Crippen molar-refractivity contribution in [3.63, 3.8) is 0 Å². The highest BCUT2D eigenvalue weighted by Crippen LogP contribution is 2.39. The average Bonchev–Trinajstić information content (AvgIpc) is 2.90. The van der Waals surface area contributed by atoms with Crippen molar-refractivity contribution in [1.82, 2.24) is 15.6 Å².